The summed E-state index contributed by atoms with van der Waals surface area (Å²) in [5.74, 6) is 1.88. The molecule has 2 fully saturated rings. The Kier molecular flexibility index (Phi) is 9.37. The molecule has 2 saturated heterocycles. The highest BCUT2D eigenvalue weighted by Gasteiger charge is 2.26. The summed E-state index contributed by atoms with van der Waals surface area (Å²) in [5.41, 5.74) is 1.29. The number of hydrogen-bond donors (Lipinski definition) is 0. The van der Waals surface area contributed by atoms with Gasteiger partial charge in [-0.3, -0.25) is 19.4 Å². The molecule has 0 atom stereocenters. The van der Waals surface area contributed by atoms with E-state index in [9.17, 15) is 9.59 Å². The molecule has 0 unspecified atom stereocenters. The first-order valence-electron chi connectivity index (χ1n) is 12.7. The fourth-order valence-corrected chi connectivity index (χ4v) is 4.63. The Morgan fingerprint density at radius 3 is 2.41 bits per heavy atom. The maximum Gasteiger partial charge on any atom is 0.275 e. The second kappa shape index (κ2) is 12.9. The summed E-state index contributed by atoms with van der Waals surface area (Å²) in [5, 5.41) is 0. The van der Waals surface area contributed by atoms with Gasteiger partial charge in [-0.05, 0) is 18.2 Å². The van der Waals surface area contributed by atoms with Gasteiger partial charge in [-0.2, -0.15) is 0 Å². The minimum Gasteiger partial charge on any atom is -0.497 e. The van der Waals surface area contributed by atoms with Gasteiger partial charge < -0.3 is 28.4 Å². The number of carbonyl (C=O) groups excluding carboxylic acids is 2. The quantitative estimate of drug-likeness (QED) is 0.464. The largest absolute Gasteiger partial charge is 0.497 e. The SMILES string of the molecule is COc1ccc(OC)c(CN(CCN2CCOCC2)Cc2nc(C(=O)N3CCN(C(C)=O)CC3)co2)c1. The van der Waals surface area contributed by atoms with Gasteiger partial charge in [0, 0.05) is 71.4 Å². The molecule has 0 radical (unpaired) electrons. The van der Waals surface area contributed by atoms with Crippen molar-refractivity contribution in [2.24, 2.45) is 0 Å². The van der Waals surface area contributed by atoms with Crippen LogP contribution in [-0.4, -0.2) is 116 Å². The summed E-state index contributed by atoms with van der Waals surface area (Å²) in [6.07, 6.45) is 1.43. The van der Waals surface area contributed by atoms with E-state index in [0.29, 0.717) is 50.9 Å². The molecule has 11 nitrogen and oxygen atoms in total. The molecule has 0 spiro atoms. The van der Waals surface area contributed by atoms with E-state index in [1.54, 1.807) is 30.9 Å². The van der Waals surface area contributed by atoms with Crippen molar-refractivity contribution in [3.63, 3.8) is 0 Å². The normalized spacial score (nSPS) is 16.8. The minimum absolute atomic E-state index is 0.0284. The third-order valence-corrected chi connectivity index (χ3v) is 6.86. The standard InChI is InChI=1S/C26H37N5O6/c1-20(32)30-8-10-31(11-9-30)26(33)23-19-37-25(27-23)18-29(7-6-28-12-14-36-15-13-28)17-21-16-22(34-2)4-5-24(21)35-3/h4-5,16,19H,6-15,17-18H2,1-3H3. The predicted octanol–water partition coefficient (Wildman–Crippen LogP) is 1.33. The van der Waals surface area contributed by atoms with Crippen molar-refractivity contribution in [3.05, 3.63) is 41.6 Å². The van der Waals surface area contributed by atoms with Crippen LogP contribution >= 0.6 is 0 Å². The van der Waals surface area contributed by atoms with Gasteiger partial charge in [-0.25, -0.2) is 4.98 Å². The Morgan fingerprint density at radius 2 is 1.73 bits per heavy atom. The van der Waals surface area contributed by atoms with Crippen LogP contribution in [0, 0.1) is 0 Å². The van der Waals surface area contributed by atoms with Gasteiger partial charge in [0.2, 0.25) is 11.8 Å². The van der Waals surface area contributed by atoms with Crippen LogP contribution in [0.25, 0.3) is 0 Å². The first-order chi connectivity index (χ1) is 18.0. The maximum absolute atomic E-state index is 13.0. The lowest BCUT2D eigenvalue weighted by molar-refractivity contribution is -0.130. The van der Waals surface area contributed by atoms with E-state index in [1.807, 2.05) is 18.2 Å². The smallest absolute Gasteiger partial charge is 0.275 e. The summed E-state index contributed by atoms with van der Waals surface area (Å²) in [4.78, 5) is 37.2. The van der Waals surface area contributed by atoms with Crippen molar-refractivity contribution < 1.29 is 28.2 Å². The molecule has 2 aliphatic heterocycles. The lowest BCUT2D eigenvalue weighted by atomic mass is 10.1. The number of benzene rings is 1. The molecular weight excluding hydrogens is 478 g/mol. The van der Waals surface area contributed by atoms with Crippen molar-refractivity contribution in [1.82, 2.24) is 24.6 Å². The average Bonchev–Trinajstić information content (AvgIpc) is 3.40. The van der Waals surface area contributed by atoms with Gasteiger partial charge in [-0.1, -0.05) is 0 Å². The lowest BCUT2D eigenvalue weighted by Crippen LogP contribution is -2.50. The van der Waals surface area contributed by atoms with Crippen LogP contribution < -0.4 is 9.47 Å². The molecule has 2 aromatic rings. The fraction of sp³-hybridized carbons (Fsp3) is 0.577. The summed E-state index contributed by atoms with van der Waals surface area (Å²) in [6, 6.07) is 5.76. The second-order valence-corrected chi connectivity index (χ2v) is 9.27. The first kappa shape index (κ1) is 26.9. The highest BCUT2D eigenvalue weighted by molar-refractivity contribution is 5.92. The summed E-state index contributed by atoms with van der Waals surface area (Å²) >= 11 is 0. The zero-order chi connectivity index (χ0) is 26.2. The number of piperazine rings is 1. The molecule has 11 heteroatoms. The van der Waals surface area contributed by atoms with E-state index in [4.69, 9.17) is 18.6 Å². The number of rotatable bonds is 10. The number of aromatic nitrogens is 1. The van der Waals surface area contributed by atoms with Crippen molar-refractivity contribution >= 4 is 11.8 Å². The van der Waals surface area contributed by atoms with Gasteiger partial charge >= 0.3 is 0 Å². The number of carbonyl (C=O) groups is 2. The number of nitrogens with zero attached hydrogens (tertiary/aromatic N) is 5. The zero-order valence-electron chi connectivity index (χ0n) is 22.0. The predicted molar refractivity (Wildman–Crippen MR) is 136 cm³/mol. The monoisotopic (exact) mass is 515 g/mol. The van der Waals surface area contributed by atoms with Crippen LogP contribution in [0.3, 0.4) is 0 Å². The number of hydrogen-bond acceptors (Lipinski definition) is 9. The summed E-state index contributed by atoms with van der Waals surface area (Å²) in [6.45, 7) is 9.59. The topological polar surface area (TPSA) is 101 Å². The zero-order valence-corrected chi connectivity index (χ0v) is 22.0. The Balaban J connectivity index is 1.44. The minimum atomic E-state index is -0.174. The molecule has 3 heterocycles. The van der Waals surface area contributed by atoms with E-state index in [-0.39, 0.29) is 11.8 Å². The van der Waals surface area contributed by atoms with Crippen molar-refractivity contribution in [2.45, 2.75) is 20.0 Å². The molecule has 0 aliphatic carbocycles. The Hall–Kier alpha value is -3.15. The fourth-order valence-electron chi connectivity index (χ4n) is 4.63. The van der Waals surface area contributed by atoms with Crippen LogP contribution in [0.1, 0.15) is 28.9 Å². The number of oxazole rings is 1. The van der Waals surface area contributed by atoms with Gasteiger partial charge in [0.25, 0.3) is 5.91 Å². The molecule has 202 valence electrons. The van der Waals surface area contributed by atoms with Gasteiger partial charge in [0.1, 0.15) is 17.8 Å². The van der Waals surface area contributed by atoms with Crippen LogP contribution in [0.2, 0.25) is 0 Å². The van der Waals surface area contributed by atoms with Crippen LogP contribution in [-0.2, 0) is 22.6 Å². The van der Waals surface area contributed by atoms with Gasteiger partial charge in [0.15, 0.2) is 5.69 Å². The third kappa shape index (κ3) is 7.21. The molecule has 4 rings (SSSR count). The molecule has 2 aliphatic rings. The van der Waals surface area contributed by atoms with Crippen molar-refractivity contribution in [1.29, 1.82) is 0 Å². The van der Waals surface area contributed by atoms with Crippen LogP contribution in [0.15, 0.2) is 28.9 Å². The Morgan fingerprint density at radius 1 is 1.00 bits per heavy atom. The van der Waals surface area contributed by atoms with Crippen LogP contribution in [0.4, 0.5) is 0 Å². The molecule has 37 heavy (non-hydrogen) atoms. The number of amides is 2. The Bertz CT molecular complexity index is 1050. The van der Waals surface area contributed by atoms with Gasteiger partial charge in [0.05, 0.1) is 34.0 Å². The number of morpholine rings is 1. The number of methoxy groups -OCH3 is 2. The molecule has 2 amide bonds. The van der Waals surface area contributed by atoms with Crippen molar-refractivity contribution in [3.8, 4) is 11.5 Å². The highest BCUT2D eigenvalue weighted by atomic mass is 16.5. The van der Waals surface area contributed by atoms with E-state index in [0.717, 1.165) is 56.5 Å². The molecule has 0 N–H and O–H groups in total. The first-order valence-corrected chi connectivity index (χ1v) is 12.7. The Labute approximate surface area is 217 Å². The molecule has 0 bridgehead atoms. The molecular formula is C26H37N5O6. The van der Waals surface area contributed by atoms with E-state index in [2.05, 4.69) is 14.8 Å². The second-order valence-electron chi connectivity index (χ2n) is 9.27. The van der Waals surface area contributed by atoms with E-state index >= 15 is 0 Å². The average molecular weight is 516 g/mol. The summed E-state index contributed by atoms with van der Waals surface area (Å²) < 4.78 is 22.2. The van der Waals surface area contributed by atoms with Gasteiger partial charge in [-0.15, -0.1) is 0 Å². The molecule has 1 aromatic carbocycles. The van der Waals surface area contributed by atoms with Crippen molar-refractivity contribution in [2.75, 3.05) is 79.8 Å². The molecule has 1 aromatic heterocycles. The van der Waals surface area contributed by atoms with Crippen LogP contribution in [0.5, 0.6) is 11.5 Å². The van der Waals surface area contributed by atoms with E-state index in [1.165, 1.54) is 6.26 Å². The maximum atomic E-state index is 13.0. The van der Waals surface area contributed by atoms with E-state index < -0.39 is 0 Å². The third-order valence-electron chi connectivity index (χ3n) is 6.86. The molecule has 0 saturated carbocycles. The lowest BCUT2D eigenvalue weighted by Gasteiger charge is -2.33. The summed E-state index contributed by atoms with van der Waals surface area (Å²) in [7, 11) is 3.30. The highest BCUT2D eigenvalue weighted by Crippen LogP contribution is 2.26. The number of ether oxygens (including phenoxy) is 3.